The van der Waals surface area contributed by atoms with Gasteiger partial charge in [-0.25, -0.2) is 0 Å². The van der Waals surface area contributed by atoms with Crippen LogP contribution in [0.25, 0.3) is 0 Å². The standard InChI is InChI=1S/C7H17N3O/c8-5-10-3-1-6(9)7(11)2-4-10/h6-7,11H,1-5,8-9H2. The Morgan fingerprint density at radius 1 is 1.36 bits per heavy atom. The van der Waals surface area contributed by atoms with Crippen molar-refractivity contribution in [2.24, 2.45) is 11.5 Å². The highest BCUT2D eigenvalue weighted by atomic mass is 16.3. The summed E-state index contributed by atoms with van der Waals surface area (Å²) in [4.78, 5) is 2.11. The van der Waals surface area contributed by atoms with E-state index in [9.17, 15) is 5.11 Å². The molecule has 1 rings (SSSR count). The summed E-state index contributed by atoms with van der Waals surface area (Å²) in [7, 11) is 0. The number of aliphatic hydroxyl groups excluding tert-OH is 1. The Labute approximate surface area is 67.2 Å². The molecule has 4 nitrogen and oxygen atoms in total. The van der Waals surface area contributed by atoms with Crippen LogP contribution in [0.2, 0.25) is 0 Å². The van der Waals surface area contributed by atoms with Crippen LogP contribution in [-0.4, -0.2) is 41.9 Å². The topological polar surface area (TPSA) is 75.5 Å². The van der Waals surface area contributed by atoms with Crippen molar-refractivity contribution < 1.29 is 5.11 Å². The predicted molar refractivity (Wildman–Crippen MR) is 43.8 cm³/mol. The predicted octanol–water partition coefficient (Wildman–Crippen LogP) is -1.31. The smallest absolute Gasteiger partial charge is 0.0703 e. The lowest BCUT2D eigenvalue weighted by molar-refractivity contribution is 0.137. The molecule has 0 aromatic heterocycles. The molecule has 11 heavy (non-hydrogen) atoms. The minimum absolute atomic E-state index is 0.0634. The van der Waals surface area contributed by atoms with Gasteiger partial charge < -0.3 is 16.6 Å². The lowest BCUT2D eigenvalue weighted by Crippen LogP contribution is -2.34. The van der Waals surface area contributed by atoms with E-state index >= 15 is 0 Å². The molecular formula is C7H17N3O. The summed E-state index contributed by atoms with van der Waals surface area (Å²) < 4.78 is 0. The molecule has 0 bridgehead atoms. The van der Waals surface area contributed by atoms with E-state index in [1.54, 1.807) is 0 Å². The Kier molecular flexibility index (Phi) is 3.26. The fraction of sp³-hybridized carbons (Fsp3) is 1.00. The van der Waals surface area contributed by atoms with Crippen LogP contribution in [0.15, 0.2) is 0 Å². The molecule has 0 aliphatic carbocycles. The lowest BCUT2D eigenvalue weighted by atomic mass is 10.1. The number of hydrogen-bond acceptors (Lipinski definition) is 4. The Bertz CT molecular complexity index is 108. The molecule has 0 spiro atoms. The fourth-order valence-electron chi connectivity index (χ4n) is 1.35. The van der Waals surface area contributed by atoms with Gasteiger partial charge >= 0.3 is 0 Å². The van der Waals surface area contributed by atoms with Crippen LogP contribution in [0, 0.1) is 0 Å². The largest absolute Gasteiger partial charge is 0.391 e. The highest BCUT2D eigenvalue weighted by Crippen LogP contribution is 2.08. The molecule has 1 aliphatic heterocycles. The highest BCUT2D eigenvalue weighted by molar-refractivity contribution is 4.78. The van der Waals surface area contributed by atoms with E-state index in [2.05, 4.69) is 4.90 Å². The lowest BCUT2D eigenvalue weighted by Gasteiger charge is -2.15. The zero-order chi connectivity index (χ0) is 8.27. The molecule has 1 saturated heterocycles. The first-order valence-corrected chi connectivity index (χ1v) is 4.10. The van der Waals surface area contributed by atoms with Crippen LogP contribution in [0.4, 0.5) is 0 Å². The Balaban J connectivity index is 2.38. The van der Waals surface area contributed by atoms with Gasteiger partial charge in [-0.3, -0.25) is 4.90 Å². The van der Waals surface area contributed by atoms with Gasteiger partial charge in [0.25, 0.3) is 0 Å². The number of nitrogens with zero attached hydrogens (tertiary/aromatic N) is 1. The molecule has 0 saturated carbocycles. The number of aliphatic hydroxyl groups is 1. The van der Waals surface area contributed by atoms with E-state index in [1.165, 1.54) is 0 Å². The molecule has 0 radical (unpaired) electrons. The third kappa shape index (κ3) is 2.41. The van der Waals surface area contributed by atoms with Crippen molar-refractivity contribution in [1.29, 1.82) is 0 Å². The van der Waals surface area contributed by atoms with Gasteiger partial charge in [0.1, 0.15) is 0 Å². The van der Waals surface area contributed by atoms with Gasteiger partial charge in [-0.1, -0.05) is 0 Å². The molecule has 5 N–H and O–H groups in total. The van der Waals surface area contributed by atoms with E-state index in [4.69, 9.17) is 11.5 Å². The Hall–Kier alpha value is -0.160. The average Bonchev–Trinajstić information content (AvgIpc) is 2.16. The number of hydrogen-bond donors (Lipinski definition) is 3. The fourth-order valence-corrected chi connectivity index (χ4v) is 1.35. The molecule has 4 heteroatoms. The third-order valence-corrected chi connectivity index (χ3v) is 2.27. The molecule has 1 aliphatic rings. The van der Waals surface area contributed by atoms with Crippen molar-refractivity contribution in [2.45, 2.75) is 25.0 Å². The zero-order valence-corrected chi connectivity index (χ0v) is 6.74. The Morgan fingerprint density at radius 3 is 2.64 bits per heavy atom. The van der Waals surface area contributed by atoms with Gasteiger partial charge in [0.2, 0.25) is 0 Å². The maximum Gasteiger partial charge on any atom is 0.0703 e. The van der Waals surface area contributed by atoms with Gasteiger partial charge in [0.15, 0.2) is 0 Å². The summed E-state index contributed by atoms with van der Waals surface area (Å²) in [5.74, 6) is 0. The van der Waals surface area contributed by atoms with Gasteiger partial charge in [0.05, 0.1) is 6.10 Å². The molecular weight excluding hydrogens is 142 g/mol. The quantitative estimate of drug-likeness (QED) is 0.444. The molecule has 1 heterocycles. The minimum atomic E-state index is -0.341. The molecule has 2 atom stereocenters. The molecule has 1 fully saturated rings. The van der Waals surface area contributed by atoms with Crippen LogP contribution >= 0.6 is 0 Å². The maximum atomic E-state index is 9.38. The van der Waals surface area contributed by atoms with Gasteiger partial charge in [-0.15, -0.1) is 0 Å². The summed E-state index contributed by atoms with van der Waals surface area (Å²) in [6, 6.07) is -0.0634. The normalized spacial score (nSPS) is 35.2. The average molecular weight is 159 g/mol. The maximum absolute atomic E-state index is 9.38. The van der Waals surface area contributed by atoms with Crippen molar-refractivity contribution in [1.82, 2.24) is 4.90 Å². The SMILES string of the molecule is NCN1CCC(N)C(O)CC1. The van der Waals surface area contributed by atoms with Crippen molar-refractivity contribution in [3.05, 3.63) is 0 Å². The van der Waals surface area contributed by atoms with Crippen LogP contribution in [0.3, 0.4) is 0 Å². The van der Waals surface area contributed by atoms with E-state index in [0.717, 1.165) is 25.9 Å². The molecule has 2 unspecified atom stereocenters. The first kappa shape index (κ1) is 8.93. The summed E-state index contributed by atoms with van der Waals surface area (Å²) in [5.41, 5.74) is 11.1. The van der Waals surface area contributed by atoms with Crippen molar-refractivity contribution in [2.75, 3.05) is 19.8 Å². The number of likely N-dealkylation sites (tertiary alicyclic amines) is 1. The van der Waals surface area contributed by atoms with Crippen LogP contribution in [0.1, 0.15) is 12.8 Å². The van der Waals surface area contributed by atoms with Crippen molar-refractivity contribution in [3.8, 4) is 0 Å². The van der Waals surface area contributed by atoms with E-state index in [1.807, 2.05) is 0 Å². The Morgan fingerprint density at radius 2 is 2.00 bits per heavy atom. The van der Waals surface area contributed by atoms with Crippen LogP contribution < -0.4 is 11.5 Å². The molecule has 0 amide bonds. The van der Waals surface area contributed by atoms with Crippen molar-refractivity contribution >= 4 is 0 Å². The molecule has 66 valence electrons. The first-order chi connectivity index (χ1) is 5.24. The number of rotatable bonds is 1. The highest BCUT2D eigenvalue weighted by Gasteiger charge is 2.20. The summed E-state index contributed by atoms with van der Waals surface area (Å²) >= 11 is 0. The minimum Gasteiger partial charge on any atom is -0.391 e. The third-order valence-electron chi connectivity index (χ3n) is 2.27. The summed E-state index contributed by atoms with van der Waals surface area (Å²) in [6.45, 7) is 2.35. The van der Waals surface area contributed by atoms with Crippen LogP contribution in [0.5, 0.6) is 0 Å². The second-order valence-corrected chi connectivity index (χ2v) is 3.11. The van der Waals surface area contributed by atoms with E-state index in [-0.39, 0.29) is 12.1 Å². The van der Waals surface area contributed by atoms with E-state index < -0.39 is 0 Å². The summed E-state index contributed by atoms with van der Waals surface area (Å²) in [6.07, 6.45) is 1.25. The van der Waals surface area contributed by atoms with Gasteiger partial charge in [-0.2, -0.15) is 0 Å². The second kappa shape index (κ2) is 4.01. The van der Waals surface area contributed by atoms with E-state index in [0.29, 0.717) is 6.67 Å². The molecule has 0 aromatic carbocycles. The summed E-state index contributed by atoms with van der Waals surface area (Å²) in [5, 5.41) is 9.38. The second-order valence-electron chi connectivity index (χ2n) is 3.11. The van der Waals surface area contributed by atoms with Crippen molar-refractivity contribution in [3.63, 3.8) is 0 Å². The monoisotopic (exact) mass is 159 g/mol. The van der Waals surface area contributed by atoms with Crippen LogP contribution in [-0.2, 0) is 0 Å². The van der Waals surface area contributed by atoms with Gasteiger partial charge in [-0.05, 0) is 12.8 Å². The van der Waals surface area contributed by atoms with Gasteiger partial charge in [0, 0.05) is 25.8 Å². The first-order valence-electron chi connectivity index (χ1n) is 4.10. The zero-order valence-electron chi connectivity index (χ0n) is 6.74. The molecule has 0 aromatic rings. The number of nitrogens with two attached hydrogens (primary N) is 2.